The maximum atomic E-state index is 12.0. The number of hydrogen-bond acceptors (Lipinski definition) is 5. The molecule has 0 spiro atoms. The Morgan fingerprint density at radius 3 is 2.64 bits per heavy atom. The molecule has 7 nitrogen and oxygen atoms in total. The van der Waals surface area contributed by atoms with Crippen molar-refractivity contribution >= 4 is 23.9 Å². The zero-order valence-corrected chi connectivity index (χ0v) is 13.1. The summed E-state index contributed by atoms with van der Waals surface area (Å²) >= 11 is 0. The molecule has 118 valence electrons. The van der Waals surface area contributed by atoms with Crippen LogP contribution in [0.2, 0.25) is 0 Å². The molecule has 22 heavy (non-hydrogen) atoms. The van der Waals surface area contributed by atoms with Crippen LogP contribution in [0.25, 0.3) is 6.08 Å². The zero-order chi connectivity index (χ0) is 16.3. The molecule has 1 aromatic rings. The molecule has 0 radical (unpaired) electrons. The minimum Gasteiger partial charge on any atom is -0.476 e. The van der Waals surface area contributed by atoms with Crippen LogP contribution >= 0.6 is 0 Å². The van der Waals surface area contributed by atoms with E-state index in [1.54, 1.807) is 26.8 Å². The Bertz CT molecular complexity index is 671. The van der Waals surface area contributed by atoms with Crippen molar-refractivity contribution in [1.29, 1.82) is 0 Å². The first-order valence-electron chi connectivity index (χ1n) is 7.08. The molecule has 0 aliphatic carbocycles. The van der Waals surface area contributed by atoms with Crippen LogP contribution in [0, 0.1) is 13.8 Å². The van der Waals surface area contributed by atoms with E-state index in [4.69, 9.17) is 9.47 Å². The molecular weight excluding hydrogens is 286 g/mol. The molecule has 0 aromatic carbocycles. The second-order valence-electron chi connectivity index (χ2n) is 4.73. The van der Waals surface area contributed by atoms with E-state index in [0.29, 0.717) is 35.7 Å². The quantitative estimate of drug-likeness (QED) is 0.653. The predicted molar refractivity (Wildman–Crippen MR) is 81.4 cm³/mol. The maximum absolute atomic E-state index is 12.0. The fourth-order valence-electron chi connectivity index (χ4n) is 2.27. The van der Waals surface area contributed by atoms with E-state index < -0.39 is 0 Å². The van der Waals surface area contributed by atoms with Gasteiger partial charge in [0.2, 0.25) is 5.90 Å². The summed E-state index contributed by atoms with van der Waals surface area (Å²) in [5.41, 5.74) is 5.23. The Morgan fingerprint density at radius 2 is 2.00 bits per heavy atom. The third-order valence-electron chi connectivity index (χ3n) is 3.26. The second kappa shape index (κ2) is 6.46. The average Bonchev–Trinajstić information content (AvgIpc) is 2.94. The van der Waals surface area contributed by atoms with Crippen molar-refractivity contribution in [3.63, 3.8) is 0 Å². The third kappa shape index (κ3) is 2.88. The van der Waals surface area contributed by atoms with Crippen LogP contribution in [0.1, 0.15) is 41.2 Å². The number of nitrogens with one attached hydrogen (secondary N) is 2. The van der Waals surface area contributed by atoms with Crippen LogP contribution in [0.15, 0.2) is 10.7 Å². The normalized spacial score (nSPS) is 15.7. The topological polar surface area (TPSA) is 92.8 Å². The summed E-state index contributed by atoms with van der Waals surface area (Å²) in [7, 11) is 0. The molecule has 1 aliphatic heterocycles. The molecule has 2 N–H and O–H groups in total. The number of hydrazone groups is 1. The summed E-state index contributed by atoms with van der Waals surface area (Å²) in [6, 6.07) is 0. The summed E-state index contributed by atoms with van der Waals surface area (Å²) in [5, 5.41) is 3.83. The van der Waals surface area contributed by atoms with Gasteiger partial charge in [-0.15, -0.1) is 5.10 Å². The van der Waals surface area contributed by atoms with Crippen molar-refractivity contribution in [2.45, 2.75) is 27.7 Å². The number of H-pyrrole nitrogens is 1. The predicted octanol–water partition coefficient (Wildman–Crippen LogP) is 1.67. The number of aromatic nitrogens is 1. The summed E-state index contributed by atoms with van der Waals surface area (Å²) < 4.78 is 10.4. The number of aromatic amines is 1. The fraction of sp³-hybridized carbons (Fsp3) is 0.400. The zero-order valence-electron chi connectivity index (χ0n) is 13.1. The van der Waals surface area contributed by atoms with Gasteiger partial charge in [0.15, 0.2) is 0 Å². The first-order chi connectivity index (χ1) is 10.5. The Labute approximate surface area is 128 Å². The Morgan fingerprint density at radius 1 is 1.27 bits per heavy atom. The molecule has 0 atom stereocenters. The lowest BCUT2D eigenvalue weighted by molar-refractivity contribution is -0.116. The van der Waals surface area contributed by atoms with E-state index >= 15 is 0 Å². The van der Waals surface area contributed by atoms with Crippen molar-refractivity contribution < 1.29 is 19.1 Å². The molecule has 7 heteroatoms. The molecule has 0 unspecified atom stereocenters. The van der Waals surface area contributed by atoms with Gasteiger partial charge in [-0.3, -0.25) is 4.79 Å². The van der Waals surface area contributed by atoms with E-state index in [9.17, 15) is 9.59 Å². The van der Waals surface area contributed by atoms with Crippen LogP contribution in [0.4, 0.5) is 0 Å². The van der Waals surface area contributed by atoms with Gasteiger partial charge in [0.25, 0.3) is 5.91 Å². The number of rotatable bonds is 4. The molecule has 1 aromatic heterocycles. The van der Waals surface area contributed by atoms with Gasteiger partial charge in [-0.25, -0.2) is 10.2 Å². The SMILES string of the molecule is CCOC(=O)c1c(C)[nH]c(C=C2C(=O)NN=C2OCC)c1C. The number of nitrogens with zero attached hydrogens (tertiary/aromatic N) is 1. The minimum absolute atomic E-state index is 0.247. The molecule has 0 bridgehead atoms. The highest BCUT2D eigenvalue weighted by Gasteiger charge is 2.26. The molecular formula is C15H19N3O4. The fourth-order valence-corrected chi connectivity index (χ4v) is 2.27. The first kappa shape index (κ1) is 15.8. The van der Waals surface area contributed by atoms with Crippen molar-refractivity contribution in [3.8, 4) is 0 Å². The van der Waals surface area contributed by atoms with Gasteiger partial charge in [-0.2, -0.15) is 0 Å². The Balaban J connectivity index is 2.40. The standard InChI is InChI=1S/C15H19N3O4/c1-5-21-14-10(13(19)17-18-14)7-11-8(3)12(9(4)16-11)15(20)22-6-2/h7,16H,5-6H2,1-4H3,(H,17,19). The molecule has 2 rings (SSSR count). The van der Waals surface area contributed by atoms with Gasteiger partial charge in [-0.1, -0.05) is 0 Å². The lowest BCUT2D eigenvalue weighted by atomic mass is 10.1. The largest absolute Gasteiger partial charge is 0.476 e. The lowest BCUT2D eigenvalue weighted by Crippen LogP contribution is -2.14. The monoisotopic (exact) mass is 305 g/mol. The highest BCUT2D eigenvalue weighted by molar-refractivity contribution is 6.24. The first-order valence-corrected chi connectivity index (χ1v) is 7.08. The second-order valence-corrected chi connectivity index (χ2v) is 4.73. The average molecular weight is 305 g/mol. The van der Waals surface area contributed by atoms with E-state index in [0.717, 1.165) is 5.56 Å². The number of hydrogen-bond donors (Lipinski definition) is 2. The van der Waals surface area contributed by atoms with Gasteiger partial charge in [0, 0.05) is 11.4 Å². The molecule has 0 saturated heterocycles. The number of amides is 1. The molecule has 1 amide bonds. The van der Waals surface area contributed by atoms with Crippen LogP contribution < -0.4 is 5.43 Å². The molecule has 2 heterocycles. The van der Waals surface area contributed by atoms with Gasteiger partial charge in [-0.05, 0) is 39.3 Å². The number of esters is 1. The summed E-state index contributed by atoms with van der Waals surface area (Å²) in [5.74, 6) is -0.474. The maximum Gasteiger partial charge on any atom is 0.340 e. The van der Waals surface area contributed by atoms with Crippen molar-refractivity contribution in [1.82, 2.24) is 10.4 Å². The van der Waals surface area contributed by atoms with Crippen LogP contribution in [0.3, 0.4) is 0 Å². The van der Waals surface area contributed by atoms with Gasteiger partial charge in [0.05, 0.1) is 18.8 Å². The molecule has 0 saturated carbocycles. The van der Waals surface area contributed by atoms with E-state index in [1.807, 2.05) is 6.92 Å². The Hall–Kier alpha value is -2.57. The van der Waals surface area contributed by atoms with E-state index in [1.165, 1.54) is 0 Å². The number of aryl methyl sites for hydroxylation is 1. The van der Waals surface area contributed by atoms with E-state index in [-0.39, 0.29) is 17.8 Å². The van der Waals surface area contributed by atoms with E-state index in [2.05, 4.69) is 15.5 Å². The highest BCUT2D eigenvalue weighted by atomic mass is 16.5. The summed E-state index contributed by atoms with van der Waals surface area (Å²) in [6.45, 7) is 7.86. The van der Waals surface area contributed by atoms with Crippen LogP contribution in [0.5, 0.6) is 0 Å². The third-order valence-corrected chi connectivity index (χ3v) is 3.26. The van der Waals surface area contributed by atoms with Gasteiger partial charge >= 0.3 is 5.97 Å². The molecule has 0 fully saturated rings. The smallest absolute Gasteiger partial charge is 0.340 e. The van der Waals surface area contributed by atoms with Crippen molar-refractivity contribution in [3.05, 3.63) is 28.1 Å². The van der Waals surface area contributed by atoms with Gasteiger partial charge in [0.1, 0.15) is 5.57 Å². The number of carbonyl (C=O) groups is 2. The summed E-state index contributed by atoms with van der Waals surface area (Å²) in [4.78, 5) is 26.9. The summed E-state index contributed by atoms with van der Waals surface area (Å²) in [6.07, 6.45) is 1.63. The highest BCUT2D eigenvalue weighted by Crippen LogP contribution is 2.22. The Kier molecular flexibility index (Phi) is 4.65. The minimum atomic E-state index is -0.382. The van der Waals surface area contributed by atoms with Crippen LogP contribution in [-0.4, -0.2) is 36.0 Å². The molecule has 1 aliphatic rings. The number of ether oxygens (including phenoxy) is 2. The van der Waals surface area contributed by atoms with Gasteiger partial charge < -0.3 is 14.5 Å². The van der Waals surface area contributed by atoms with Crippen molar-refractivity contribution in [2.75, 3.05) is 13.2 Å². The lowest BCUT2D eigenvalue weighted by Gasteiger charge is -2.03. The van der Waals surface area contributed by atoms with Crippen molar-refractivity contribution in [2.24, 2.45) is 5.10 Å². The number of carbonyl (C=O) groups excluding carboxylic acids is 2. The van der Waals surface area contributed by atoms with Crippen LogP contribution in [-0.2, 0) is 14.3 Å².